The van der Waals surface area contributed by atoms with Crippen molar-refractivity contribution in [3.05, 3.63) is 68.7 Å². The molecule has 2 heterocycles. The number of fused-ring (bicyclic) bond motifs is 2. The number of carbonyl (C=O) groups is 1. The highest BCUT2D eigenvalue weighted by atomic mass is 35.5. The van der Waals surface area contributed by atoms with Crippen molar-refractivity contribution in [3.8, 4) is 0 Å². The van der Waals surface area contributed by atoms with Crippen LogP contribution in [0.1, 0.15) is 47.4 Å². The van der Waals surface area contributed by atoms with Gasteiger partial charge >= 0.3 is 0 Å². The molecule has 1 aliphatic heterocycles. The number of amides is 1. The van der Waals surface area contributed by atoms with Crippen LogP contribution in [0.15, 0.2) is 41.2 Å². The molecule has 0 bridgehead atoms. The van der Waals surface area contributed by atoms with Gasteiger partial charge in [-0.05, 0) is 55.7 Å². The van der Waals surface area contributed by atoms with Gasteiger partial charge in [0.2, 0.25) is 0 Å². The fourth-order valence-corrected chi connectivity index (χ4v) is 3.79. The van der Waals surface area contributed by atoms with Crippen molar-refractivity contribution >= 4 is 34.1 Å². The first-order valence-corrected chi connectivity index (χ1v) is 10.0. The zero-order valence-electron chi connectivity index (χ0n) is 15.8. The summed E-state index contributed by atoms with van der Waals surface area (Å²) >= 11 is 6.13. The molecule has 1 amide bonds. The smallest absolute Gasteiger partial charge is 0.261 e. The molecule has 0 saturated carbocycles. The number of hydrogen-bond donors (Lipinski definition) is 1. The Morgan fingerprint density at radius 2 is 1.93 bits per heavy atom. The second kappa shape index (κ2) is 7.76. The minimum Gasteiger partial charge on any atom is -0.322 e. The van der Waals surface area contributed by atoms with E-state index in [4.69, 9.17) is 16.6 Å². The van der Waals surface area contributed by atoms with Crippen LogP contribution >= 0.6 is 11.6 Å². The van der Waals surface area contributed by atoms with E-state index in [0.717, 1.165) is 43.5 Å². The van der Waals surface area contributed by atoms with Crippen LogP contribution in [0.25, 0.3) is 10.9 Å². The van der Waals surface area contributed by atoms with E-state index in [1.54, 1.807) is 28.8 Å². The Hall–Kier alpha value is -2.66. The quantitative estimate of drug-likeness (QED) is 0.682. The predicted molar refractivity (Wildman–Crippen MR) is 112 cm³/mol. The second-order valence-electron chi connectivity index (χ2n) is 7.30. The first-order chi connectivity index (χ1) is 13.5. The van der Waals surface area contributed by atoms with Gasteiger partial charge in [0.1, 0.15) is 5.82 Å². The van der Waals surface area contributed by atoms with E-state index >= 15 is 0 Å². The molecule has 0 radical (unpaired) electrons. The molecule has 0 fully saturated rings. The minimum atomic E-state index is -0.254. The summed E-state index contributed by atoms with van der Waals surface area (Å²) < 4.78 is 1.80. The lowest BCUT2D eigenvalue weighted by atomic mass is 10.1. The number of nitrogens with one attached hydrogen (secondary N) is 1. The molecule has 5 nitrogen and oxygen atoms in total. The highest BCUT2D eigenvalue weighted by Crippen LogP contribution is 2.21. The second-order valence-corrected chi connectivity index (χ2v) is 7.71. The van der Waals surface area contributed by atoms with Crippen LogP contribution < -0.4 is 10.9 Å². The third-order valence-electron chi connectivity index (χ3n) is 5.26. The average Bonchev–Trinajstić information content (AvgIpc) is 2.66. The number of anilines is 1. The largest absolute Gasteiger partial charge is 0.322 e. The summed E-state index contributed by atoms with van der Waals surface area (Å²) in [5.74, 6) is 0.565. The van der Waals surface area contributed by atoms with Gasteiger partial charge in [-0.1, -0.05) is 30.5 Å². The van der Waals surface area contributed by atoms with Crippen LogP contribution in [0.3, 0.4) is 0 Å². The summed E-state index contributed by atoms with van der Waals surface area (Å²) in [5, 5.41) is 4.01. The summed E-state index contributed by atoms with van der Waals surface area (Å²) in [5.41, 5.74) is 2.61. The molecule has 2 aromatic carbocycles. The highest BCUT2D eigenvalue weighted by molar-refractivity contribution is 6.31. The lowest BCUT2D eigenvalue weighted by Crippen LogP contribution is -2.26. The van der Waals surface area contributed by atoms with E-state index in [0.29, 0.717) is 33.7 Å². The lowest BCUT2D eigenvalue weighted by molar-refractivity contribution is 0.102. The van der Waals surface area contributed by atoms with Crippen molar-refractivity contribution in [1.29, 1.82) is 0 Å². The van der Waals surface area contributed by atoms with E-state index in [2.05, 4.69) is 5.32 Å². The van der Waals surface area contributed by atoms with E-state index in [1.165, 1.54) is 0 Å². The predicted octanol–water partition coefficient (Wildman–Crippen LogP) is 4.73. The molecule has 3 aromatic rings. The molecule has 0 unspecified atom stereocenters. The van der Waals surface area contributed by atoms with Crippen molar-refractivity contribution in [2.24, 2.45) is 0 Å². The van der Waals surface area contributed by atoms with E-state index in [9.17, 15) is 9.59 Å². The van der Waals surface area contributed by atoms with Crippen molar-refractivity contribution in [2.45, 2.75) is 45.6 Å². The van der Waals surface area contributed by atoms with Crippen LogP contribution in [0.2, 0.25) is 5.02 Å². The summed E-state index contributed by atoms with van der Waals surface area (Å²) in [7, 11) is 0. The molecule has 1 aliphatic rings. The van der Waals surface area contributed by atoms with Crippen LogP contribution in [0.5, 0.6) is 0 Å². The Morgan fingerprint density at radius 1 is 1.11 bits per heavy atom. The minimum absolute atomic E-state index is 0.0147. The highest BCUT2D eigenvalue weighted by Gasteiger charge is 2.15. The number of halogens is 1. The van der Waals surface area contributed by atoms with Gasteiger partial charge in [-0.25, -0.2) is 4.98 Å². The molecular formula is C22H22ClN3O2. The molecule has 0 spiro atoms. The topological polar surface area (TPSA) is 64.0 Å². The van der Waals surface area contributed by atoms with Crippen LogP contribution in [0.4, 0.5) is 5.69 Å². The molecule has 0 atom stereocenters. The number of nitrogens with zero attached hydrogens (tertiary/aromatic N) is 2. The number of rotatable bonds is 2. The SMILES string of the molecule is Cc1ccc(NC(=O)c2ccc3c(=O)n4c(nc3c2)CCCCCC4)cc1Cl. The van der Waals surface area contributed by atoms with Crippen LogP contribution in [-0.2, 0) is 13.0 Å². The Bertz CT molecular complexity index is 1120. The number of hydrogen-bond acceptors (Lipinski definition) is 3. The number of aromatic nitrogens is 2. The molecule has 0 aliphatic carbocycles. The zero-order chi connectivity index (χ0) is 19.7. The maximum atomic E-state index is 12.9. The van der Waals surface area contributed by atoms with Crippen LogP contribution in [0, 0.1) is 6.92 Å². The van der Waals surface area contributed by atoms with Gasteiger partial charge in [0.25, 0.3) is 11.5 Å². The fraction of sp³-hybridized carbons (Fsp3) is 0.318. The van der Waals surface area contributed by atoms with Crippen molar-refractivity contribution in [2.75, 3.05) is 5.32 Å². The van der Waals surface area contributed by atoms with Gasteiger partial charge < -0.3 is 5.32 Å². The van der Waals surface area contributed by atoms with Gasteiger partial charge in [-0.2, -0.15) is 0 Å². The van der Waals surface area contributed by atoms with Crippen LogP contribution in [-0.4, -0.2) is 15.5 Å². The van der Waals surface area contributed by atoms with Gasteiger partial charge in [-0.3, -0.25) is 14.2 Å². The molecule has 1 aromatic heterocycles. The maximum Gasteiger partial charge on any atom is 0.261 e. The Kier molecular flexibility index (Phi) is 5.18. The van der Waals surface area contributed by atoms with Crippen molar-refractivity contribution < 1.29 is 4.79 Å². The molecule has 0 saturated heterocycles. The summed E-state index contributed by atoms with van der Waals surface area (Å²) in [6.45, 7) is 2.62. The van der Waals surface area contributed by atoms with E-state index in [1.807, 2.05) is 19.1 Å². The summed E-state index contributed by atoms with van der Waals surface area (Å²) in [6.07, 6.45) is 5.14. The third-order valence-corrected chi connectivity index (χ3v) is 5.67. The maximum absolute atomic E-state index is 12.9. The van der Waals surface area contributed by atoms with Crippen molar-refractivity contribution in [1.82, 2.24) is 9.55 Å². The summed E-state index contributed by atoms with van der Waals surface area (Å²) in [6, 6.07) is 10.5. The molecule has 4 rings (SSSR count). The average molecular weight is 396 g/mol. The van der Waals surface area contributed by atoms with E-state index < -0.39 is 0 Å². The van der Waals surface area contributed by atoms with Crippen molar-refractivity contribution in [3.63, 3.8) is 0 Å². The van der Waals surface area contributed by atoms with Gasteiger partial charge in [0.05, 0.1) is 10.9 Å². The number of aryl methyl sites for hydroxylation is 2. The third kappa shape index (κ3) is 3.67. The van der Waals surface area contributed by atoms with Gasteiger partial charge in [-0.15, -0.1) is 0 Å². The Morgan fingerprint density at radius 3 is 2.75 bits per heavy atom. The molecule has 144 valence electrons. The molecule has 6 heteroatoms. The molecular weight excluding hydrogens is 374 g/mol. The summed E-state index contributed by atoms with van der Waals surface area (Å²) in [4.78, 5) is 30.3. The normalized spacial score (nSPS) is 14.2. The van der Waals surface area contributed by atoms with Gasteiger partial charge in [0.15, 0.2) is 0 Å². The lowest BCUT2D eigenvalue weighted by Gasteiger charge is -2.16. The first kappa shape index (κ1) is 18.7. The van der Waals surface area contributed by atoms with E-state index in [-0.39, 0.29) is 11.5 Å². The number of carbonyl (C=O) groups excluding carboxylic acids is 1. The first-order valence-electron chi connectivity index (χ1n) is 9.64. The van der Waals surface area contributed by atoms with Gasteiger partial charge in [0, 0.05) is 29.2 Å². The monoisotopic (exact) mass is 395 g/mol. The fourth-order valence-electron chi connectivity index (χ4n) is 3.61. The Labute approximate surface area is 168 Å². The Balaban J connectivity index is 1.68. The molecule has 1 N–H and O–H groups in total. The standard InChI is InChI=1S/C22H22ClN3O2/c1-14-7-9-16(13-18(14)23)24-21(27)15-8-10-17-19(12-15)25-20-6-4-2-3-5-11-26(20)22(17)28/h7-10,12-13H,2-6,11H2,1H3,(H,24,27). The number of benzene rings is 2. The zero-order valence-corrected chi connectivity index (χ0v) is 16.6. The molecule has 28 heavy (non-hydrogen) atoms.